The quantitative estimate of drug-likeness (QED) is 0.0242. The molecule has 25 heteroatoms. The standard InChI is InChI=1S/C42H54N11O12PSi/c1-10-25-26(18-28(61-25)52-21-46-29-33(44-20-45-34(29)52)48-37(55)24-14-12-11-13-15-24)64-66(59-17-16-43-7)60-19-27-31(65-67(8,9)42(4,5)6)32(63-41(57)58)39(62-27)53-22-47-30-35(53)49-40(51-38(30)56)50-36(54)23(2)3/h11-15,20-23,25-28,31-32,39H,10,16-19H2,1-6,8-9H3,(H,57,58)(H,44,45,48,55)(H2,49,50,51,54,56)/t25-,26+,27-,28-,31-,32-,39-,66?/m1/s1. The molecular weight excluding hydrogens is 910 g/mol. The van der Waals surface area contributed by atoms with Gasteiger partial charge in [0, 0.05) is 17.9 Å². The maximum Gasteiger partial charge on any atom is 0.506 e. The van der Waals surface area contributed by atoms with Crippen molar-refractivity contribution in [3.05, 3.63) is 76.6 Å². The summed E-state index contributed by atoms with van der Waals surface area (Å²) in [7, 11) is -4.94. The van der Waals surface area contributed by atoms with Crippen molar-refractivity contribution in [2.75, 3.05) is 30.4 Å². The highest BCUT2D eigenvalue weighted by Crippen LogP contribution is 2.48. The third-order valence-corrected chi connectivity index (χ3v) is 17.4. The number of aromatic amines is 1. The molecule has 2 saturated heterocycles. The molecule has 2 fully saturated rings. The highest BCUT2D eigenvalue weighted by Gasteiger charge is 2.54. The van der Waals surface area contributed by atoms with Crippen LogP contribution in [0.5, 0.6) is 0 Å². The molecule has 0 spiro atoms. The first-order valence-electron chi connectivity index (χ1n) is 21.6. The maximum absolute atomic E-state index is 13.2. The Kier molecular flexibility index (Phi) is 15.1. The smallest absolute Gasteiger partial charge is 0.450 e. The third-order valence-electron chi connectivity index (χ3n) is 11.7. The van der Waals surface area contributed by atoms with Crippen LogP contribution >= 0.6 is 8.60 Å². The minimum absolute atomic E-state index is 0.0146. The van der Waals surface area contributed by atoms with E-state index in [1.807, 2.05) is 46.9 Å². The van der Waals surface area contributed by atoms with E-state index >= 15 is 0 Å². The minimum atomic E-state index is -2.72. The minimum Gasteiger partial charge on any atom is -0.450 e. The summed E-state index contributed by atoms with van der Waals surface area (Å²) in [5.74, 6) is -1.09. The fourth-order valence-electron chi connectivity index (χ4n) is 7.17. The van der Waals surface area contributed by atoms with Gasteiger partial charge in [-0.25, -0.2) is 31.3 Å². The molecule has 1 unspecified atom stereocenters. The lowest BCUT2D eigenvalue weighted by atomic mass is 10.1. The number of hydrogen-bond donors (Lipinski definition) is 4. The Balaban J connectivity index is 1.15. The molecule has 2 amide bonds. The van der Waals surface area contributed by atoms with Gasteiger partial charge in [-0.05, 0) is 36.7 Å². The van der Waals surface area contributed by atoms with Crippen molar-refractivity contribution in [1.29, 1.82) is 0 Å². The second-order valence-electron chi connectivity index (χ2n) is 17.7. The molecule has 5 aromatic rings. The summed E-state index contributed by atoms with van der Waals surface area (Å²) in [4.78, 5) is 79.0. The maximum atomic E-state index is 13.2. The van der Waals surface area contributed by atoms with Gasteiger partial charge in [0.15, 0.2) is 48.8 Å². The zero-order valence-corrected chi connectivity index (χ0v) is 40.1. The van der Waals surface area contributed by atoms with E-state index in [-0.39, 0.29) is 53.6 Å². The molecule has 6 heterocycles. The highest BCUT2D eigenvalue weighted by atomic mass is 31.2. The van der Waals surface area contributed by atoms with E-state index in [0.717, 1.165) is 0 Å². The third kappa shape index (κ3) is 11.0. The van der Waals surface area contributed by atoms with E-state index < -0.39 is 83.4 Å². The first kappa shape index (κ1) is 49.1. The van der Waals surface area contributed by atoms with E-state index in [4.69, 9.17) is 38.8 Å². The Labute approximate surface area is 387 Å². The van der Waals surface area contributed by atoms with Gasteiger partial charge >= 0.3 is 14.8 Å². The van der Waals surface area contributed by atoms with E-state index in [1.165, 1.54) is 17.2 Å². The predicted molar refractivity (Wildman–Crippen MR) is 244 cm³/mol. The average molecular weight is 964 g/mol. The van der Waals surface area contributed by atoms with Crippen LogP contribution in [0.3, 0.4) is 0 Å². The van der Waals surface area contributed by atoms with Crippen LogP contribution in [0.4, 0.5) is 16.6 Å². The number of rotatable bonds is 18. The van der Waals surface area contributed by atoms with Crippen molar-refractivity contribution in [3.8, 4) is 0 Å². The molecule has 23 nitrogen and oxygen atoms in total. The lowest BCUT2D eigenvalue weighted by Crippen LogP contribution is -2.50. The molecule has 2 aliphatic heterocycles. The number of nitrogens with zero attached hydrogens (tertiary/aromatic N) is 8. The zero-order chi connectivity index (χ0) is 48.2. The van der Waals surface area contributed by atoms with Gasteiger partial charge in [-0.15, -0.1) is 0 Å². The molecule has 2 aliphatic rings. The number of fused-ring (bicyclic) bond motifs is 2. The number of amides is 2. The Morgan fingerprint density at radius 2 is 1.73 bits per heavy atom. The fraction of sp³-hybridized carbons (Fsp3) is 0.524. The van der Waals surface area contributed by atoms with Crippen molar-refractivity contribution in [3.63, 3.8) is 0 Å². The van der Waals surface area contributed by atoms with Gasteiger partial charge in [-0.3, -0.25) is 33.8 Å². The SMILES string of the molecule is [C-]#[N+]CCOP(OC[C@H]1O[C@@H](n2cnc3c(=O)[nH]c(NC(=O)C(C)C)nc32)[C@H](OC(=O)O)[C@@H]1O[Si](C)(C)C(C)(C)C)O[C@H]1C[C@H](n2cnc3c(NC(=O)c4ccccc4)ncnc32)O[C@@H]1CC. The van der Waals surface area contributed by atoms with Crippen molar-refractivity contribution in [2.24, 2.45) is 5.92 Å². The molecule has 8 atom stereocenters. The number of anilines is 2. The molecule has 0 saturated carbocycles. The van der Waals surface area contributed by atoms with E-state index in [9.17, 15) is 24.3 Å². The monoisotopic (exact) mass is 963 g/mol. The van der Waals surface area contributed by atoms with Crippen LogP contribution < -0.4 is 16.2 Å². The van der Waals surface area contributed by atoms with E-state index in [0.29, 0.717) is 29.6 Å². The highest BCUT2D eigenvalue weighted by molar-refractivity contribution is 7.41. The number of carbonyl (C=O) groups is 3. The Hall–Kier alpha value is -5.77. The summed E-state index contributed by atoms with van der Waals surface area (Å²) in [6.07, 6.45) is -2.94. The van der Waals surface area contributed by atoms with Crippen LogP contribution in [0, 0.1) is 12.5 Å². The van der Waals surface area contributed by atoms with Crippen molar-refractivity contribution in [2.45, 2.75) is 115 Å². The Morgan fingerprint density at radius 1 is 1.00 bits per heavy atom. The van der Waals surface area contributed by atoms with Gasteiger partial charge in [0.05, 0.1) is 31.5 Å². The summed E-state index contributed by atoms with van der Waals surface area (Å²) in [5.41, 5.74) is 0.471. The van der Waals surface area contributed by atoms with Gasteiger partial charge in [0.2, 0.25) is 18.4 Å². The molecule has 4 aromatic heterocycles. The molecule has 7 rings (SSSR count). The van der Waals surface area contributed by atoms with Crippen LogP contribution in [-0.4, -0.2) is 121 Å². The first-order valence-corrected chi connectivity index (χ1v) is 25.6. The number of hydrogen-bond acceptors (Lipinski definition) is 16. The van der Waals surface area contributed by atoms with Gasteiger partial charge in [-0.2, -0.15) is 4.98 Å². The number of carbonyl (C=O) groups excluding carboxylic acids is 2. The molecule has 0 aliphatic carbocycles. The van der Waals surface area contributed by atoms with Gasteiger partial charge in [0.1, 0.15) is 31.4 Å². The number of ether oxygens (including phenoxy) is 3. The number of benzene rings is 1. The summed E-state index contributed by atoms with van der Waals surface area (Å²) in [6, 6.07) is 8.72. The number of aromatic nitrogens is 8. The van der Waals surface area contributed by atoms with E-state index in [2.05, 4.69) is 45.4 Å². The lowest BCUT2D eigenvalue weighted by molar-refractivity contribution is -0.118. The second-order valence-corrected chi connectivity index (χ2v) is 23.6. The number of H-pyrrole nitrogens is 1. The Bertz CT molecular complexity index is 2670. The summed E-state index contributed by atoms with van der Waals surface area (Å²) < 4.78 is 47.7. The lowest BCUT2D eigenvalue weighted by Gasteiger charge is -2.40. The van der Waals surface area contributed by atoms with Crippen molar-refractivity contribution >= 4 is 69.0 Å². The summed E-state index contributed by atoms with van der Waals surface area (Å²) >= 11 is 0. The van der Waals surface area contributed by atoms with Gasteiger partial charge < -0.3 is 47.5 Å². The molecule has 358 valence electrons. The largest absolute Gasteiger partial charge is 0.506 e. The molecule has 4 N–H and O–H groups in total. The van der Waals surface area contributed by atoms with E-state index in [1.54, 1.807) is 49.0 Å². The zero-order valence-electron chi connectivity index (χ0n) is 38.2. The molecular formula is C42H54N11O12PSi. The second kappa shape index (κ2) is 20.6. The Morgan fingerprint density at radius 3 is 2.42 bits per heavy atom. The van der Waals surface area contributed by atoms with Crippen molar-refractivity contribution in [1.82, 2.24) is 39.0 Å². The predicted octanol–water partition coefficient (Wildman–Crippen LogP) is 6.42. The summed E-state index contributed by atoms with van der Waals surface area (Å²) in [5, 5.41) is 15.1. The molecule has 0 bridgehead atoms. The van der Waals surface area contributed by atoms with Crippen LogP contribution in [-0.2, 0) is 37.0 Å². The fourth-order valence-corrected chi connectivity index (χ4v) is 9.63. The number of carboxylic acid groups (broad SMARTS) is 1. The van der Waals surface area contributed by atoms with Crippen LogP contribution in [0.25, 0.3) is 27.2 Å². The van der Waals surface area contributed by atoms with Crippen LogP contribution in [0.2, 0.25) is 18.1 Å². The topological polar surface area (TPSA) is 272 Å². The number of imidazole rings is 2. The van der Waals surface area contributed by atoms with Crippen LogP contribution in [0.1, 0.15) is 77.2 Å². The molecule has 0 radical (unpaired) electrons. The molecule has 1 aromatic carbocycles. The number of nitrogens with one attached hydrogen (secondary N) is 3. The van der Waals surface area contributed by atoms with Gasteiger partial charge in [-0.1, -0.05) is 59.7 Å². The summed E-state index contributed by atoms with van der Waals surface area (Å²) in [6.45, 7) is 22.5. The van der Waals surface area contributed by atoms with Gasteiger partial charge in [0.25, 0.3) is 11.5 Å². The normalized spacial score (nSPS) is 22.5. The molecule has 67 heavy (non-hydrogen) atoms. The average Bonchev–Trinajstić information content (AvgIpc) is 4.07. The first-order chi connectivity index (χ1) is 31.9. The van der Waals surface area contributed by atoms with Crippen molar-refractivity contribution < 1.29 is 51.7 Å². The van der Waals surface area contributed by atoms with Crippen LogP contribution in [0.15, 0.2) is 54.1 Å².